The second-order valence-corrected chi connectivity index (χ2v) is 0.344. The van der Waals surface area contributed by atoms with Crippen molar-refractivity contribution in [2.45, 2.75) is 43.6 Å². The van der Waals surface area contributed by atoms with Gasteiger partial charge in [0.05, 0.1) is 0 Å². The summed E-state index contributed by atoms with van der Waals surface area (Å²) in [6, 6.07) is 0. The van der Waals surface area contributed by atoms with Crippen LogP contribution < -0.4 is 0 Å². The molecule has 0 aromatic heterocycles. The van der Waals surface area contributed by atoms with Crippen molar-refractivity contribution in [2.75, 3.05) is 0 Å². The fourth-order valence-corrected chi connectivity index (χ4v) is 0. The quantitative estimate of drug-likeness (QED) is 0.617. The van der Waals surface area contributed by atoms with Gasteiger partial charge in [0.2, 0.25) is 0 Å². The van der Waals surface area contributed by atoms with E-state index in [1.165, 1.54) is 0 Å². The van der Waals surface area contributed by atoms with Crippen LogP contribution in [0.4, 0.5) is 0 Å². The van der Waals surface area contributed by atoms with Crippen LogP contribution in [-0.4, -0.2) is 11.0 Å². The van der Waals surface area contributed by atoms with Crippen LogP contribution in [-0.2, 0) is 47.5 Å². The first-order valence-electron chi connectivity index (χ1n) is 1.41. The van der Waals surface area contributed by atoms with Gasteiger partial charge >= 0.3 is 25.7 Å². The average molecular weight is 258 g/mol. The predicted octanol–water partition coefficient (Wildman–Crippen LogP) is 1.68. The third-order valence-corrected chi connectivity index (χ3v) is 0. The van der Waals surface area contributed by atoms with E-state index in [4.69, 9.17) is 6.65 Å². The topological polar surface area (TPSA) is 97.1 Å². The molecule has 0 rings (SSSR count). The molecule has 0 fully saturated rings. The largest absolute Gasteiger partial charge is 0 e. The minimum Gasteiger partial charge on any atom is 0 e. The van der Waals surface area contributed by atoms with Crippen molar-refractivity contribution in [3.8, 4) is 0 Å². The summed E-state index contributed by atoms with van der Waals surface area (Å²) in [5.74, 6) is 0. The van der Waals surface area contributed by atoms with Crippen molar-refractivity contribution in [1.29, 1.82) is 0 Å². The molecule has 0 saturated carbocycles. The Labute approximate surface area is 102 Å². The summed E-state index contributed by atoms with van der Waals surface area (Å²) in [5.41, 5.74) is 0. The van der Waals surface area contributed by atoms with Gasteiger partial charge in [-0.2, -0.15) is 0 Å². The van der Waals surface area contributed by atoms with Crippen molar-refractivity contribution in [1.82, 2.24) is 0 Å². The smallest absolute Gasteiger partial charge is 0 e. The maximum Gasteiger partial charge on any atom is 0 e. The molecule has 0 aliphatic heterocycles. The Balaban J connectivity index is -0.00000000138. The van der Waals surface area contributed by atoms with E-state index in [0.717, 1.165) is 0 Å². The molecule has 0 radical (unpaired) electrons. The Morgan fingerprint density at radius 3 is 0.750 bits per heavy atom. The van der Waals surface area contributed by atoms with E-state index in [1.54, 1.807) is 0 Å². The van der Waals surface area contributed by atoms with Crippen molar-refractivity contribution in [3.05, 3.63) is 0 Å². The third-order valence-electron chi connectivity index (χ3n) is 0. The van der Waals surface area contributed by atoms with E-state index < -0.39 is 19.1 Å². The molecule has 0 aromatic rings. The molecule has 0 spiro atoms. The number of rotatable bonds is 0. The molecule has 6 heteroatoms. The monoisotopic (exact) mass is 258 g/mol. The second-order valence-electron chi connectivity index (χ2n) is 0.0833. The Kier molecular flexibility index (Phi) is 3730. The molecule has 4 N–H and O–H groups in total. The van der Waals surface area contributed by atoms with E-state index in [2.05, 4.69) is 0 Å². The first-order chi connectivity index (χ1) is 2.41. The summed E-state index contributed by atoms with van der Waals surface area (Å²) < 4.78 is 17.0. The van der Waals surface area contributed by atoms with Crippen molar-refractivity contribution >= 4 is 0 Å². The normalized spacial score (nSPS) is 1.17. The van der Waals surface area contributed by atoms with E-state index in [0.29, 0.717) is 0 Å². The number of hydrogen-bond donors (Lipinski definition) is 0. The van der Waals surface area contributed by atoms with Gasteiger partial charge in [-0.3, -0.25) is 0 Å². The van der Waals surface area contributed by atoms with E-state index >= 15 is 0 Å². The molecule has 0 bridgehead atoms. The van der Waals surface area contributed by atoms with Crippen molar-refractivity contribution in [2.24, 2.45) is 0 Å². The zero-order valence-electron chi connectivity index (χ0n) is 4.82. The van der Waals surface area contributed by atoms with Crippen LogP contribution in [0.5, 0.6) is 0 Å². The summed E-state index contributed by atoms with van der Waals surface area (Å²) in [4.78, 5) is 0. The minimum absolute atomic E-state index is 0. The Hall–Kier alpha value is 0.949. The van der Waals surface area contributed by atoms with E-state index in [9.17, 15) is 0 Å². The van der Waals surface area contributed by atoms with Gasteiger partial charge in [0.15, 0.2) is 0 Å². The van der Waals surface area contributed by atoms with Crippen molar-refractivity contribution < 1.29 is 58.4 Å². The van der Waals surface area contributed by atoms with Gasteiger partial charge in [0.1, 0.15) is 0 Å². The predicted molar refractivity (Wildman–Crippen MR) is 46.9 cm³/mol. The molecule has 0 heterocycles. The first-order valence-corrected chi connectivity index (χ1v) is 2.68. The maximum absolute atomic E-state index is 8.50. The second kappa shape index (κ2) is 377. The molecule has 12 heavy (non-hydrogen) atoms. The van der Waals surface area contributed by atoms with Gasteiger partial charge in [-0.15, -0.1) is 0 Å². The summed E-state index contributed by atoms with van der Waals surface area (Å²) in [6.07, 6.45) is 0. The van der Waals surface area contributed by atoms with Gasteiger partial charge in [0.25, 0.3) is 0 Å². The van der Waals surface area contributed by atoms with Crippen LogP contribution in [0, 0.1) is 0 Å². The summed E-state index contributed by atoms with van der Waals surface area (Å²) in [6.45, 7) is 4.00. The van der Waals surface area contributed by atoms with Gasteiger partial charge in [0, 0.05) is 21.7 Å². The van der Waals surface area contributed by atoms with Crippen LogP contribution in [0.2, 0.25) is 0 Å². The summed E-state index contributed by atoms with van der Waals surface area (Å²) >= 11 is -2.00. The Morgan fingerprint density at radius 1 is 0.750 bits per heavy atom. The van der Waals surface area contributed by atoms with Gasteiger partial charge in [-0.1, -0.05) is 43.6 Å². The molecule has 4 nitrogen and oxygen atoms in total. The molecular formula is C6H26O4Ti2. The minimum atomic E-state index is -2.00. The van der Waals surface area contributed by atoms with Crippen LogP contribution >= 0.6 is 0 Å². The zero-order valence-corrected chi connectivity index (χ0v) is 7.94. The van der Waals surface area contributed by atoms with Crippen LogP contribution in [0.1, 0.15) is 43.6 Å². The molecule has 82 valence electrons. The average Bonchev–Trinajstić information content (AvgIpc) is 1.46. The Morgan fingerprint density at radius 2 is 0.750 bits per heavy atom. The van der Waals surface area contributed by atoms with Gasteiger partial charge in [-0.05, 0) is 0 Å². The van der Waals surface area contributed by atoms with Gasteiger partial charge in [-0.25, -0.2) is 0 Å². The fourth-order valence-electron chi connectivity index (χ4n) is 0. The first kappa shape index (κ1) is 119. The van der Waals surface area contributed by atoms with Crippen LogP contribution in [0.25, 0.3) is 0 Å². The summed E-state index contributed by atoms with van der Waals surface area (Å²) in [5, 5.41) is 0. The summed E-state index contributed by atoms with van der Waals surface area (Å²) in [7, 11) is 0. The molecule has 0 atom stereocenters. The molecule has 0 aromatic carbocycles. The van der Waals surface area contributed by atoms with Crippen molar-refractivity contribution in [3.63, 3.8) is 0 Å². The fraction of sp³-hybridized carbons (Fsp3) is 1.00. The van der Waals surface area contributed by atoms with Crippen LogP contribution in [0.3, 0.4) is 0 Å². The Bertz CT molecular complexity index is 38.5. The SMILES string of the molecule is C.C.C.C.CC.O.O.[O]=[Ti]=[O].[Ti]. The molecule has 0 saturated heterocycles. The van der Waals surface area contributed by atoms with Gasteiger partial charge < -0.3 is 11.0 Å². The maximum atomic E-state index is 8.50. The molecule has 0 aliphatic rings. The van der Waals surface area contributed by atoms with E-state index in [1.807, 2.05) is 13.8 Å². The third kappa shape index (κ3) is 1200. The molecular weight excluding hydrogens is 232 g/mol. The van der Waals surface area contributed by atoms with Crippen LogP contribution in [0.15, 0.2) is 0 Å². The zero-order chi connectivity index (χ0) is 4.71. The number of hydrogen-bond acceptors (Lipinski definition) is 2. The molecule has 0 amide bonds. The molecule has 0 aliphatic carbocycles. The van der Waals surface area contributed by atoms with E-state index in [-0.39, 0.29) is 62.4 Å². The standard InChI is InChI=1S/C2H6.4CH4.2H2O.2O.2Ti/c1-2;;;;;;;;;;/h1-2H3;4*1H4;2*1H2;;;;. The molecule has 0 unspecified atom stereocenters.